The quantitative estimate of drug-likeness (QED) is 0.516. The Labute approximate surface area is 198 Å². The van der Waals surface area contributed by atoms with Crippen LogP contribution in [-0.4, -0.2) is 70.0 Å². The Kier molecular flexibility index (Phi) is 7.42. The highest BCUT2D eigenvalue weighted by molar-refractivity contribution is 5.98. The van der Waals surface area contributed by atoms with E-state index in [1.165, 1.54) is 21.1 Å². The fourth-order valence-corrected chi connectivity index (χ4v) is 4.05. The van der Waals surface area contributed by atoms with Crippen molar-refractivity contribution in [3.05, 3.63) is 41.5 Å². The van der Waals surface area contributed by atoms with E-state index in [0.717, 1.165) is 11.3 Å². The summed E-state index contributed by atoms with van der Waals surface area (Å²) in [5.74, 6) is 2.47. The maximum atomic E-state index is 12.8. The molecule has 0 aliphatic carbocycles. The van der Waals surface area contributed by atoms with E-state index in [0.29, 0.717) is 61.1 Å². The Morgan fingerprint density at radius 3 is 2.65 bits per heavy atom. The Morgan fingerprint density at radius 1 is 1.06 bits per heavy atom. The van der Waals surface area contributed by atoms with Gasteiger partial charge in [-0.2, -0.15) is 0 Å². The van der Waals surface area contributed by atoms with Gasteiger partial charge in [0.2, 0.25) is 18.4 Å². The first-order chi connectivity index (χ1) is 16.5. The Morgan fingerprint density at radius 2 is 1.88 bits per heavy atom. The Hall–Kier alpha value is -3.46. The topological polar surface area (TPSA) is 92.8 Å². The summed E-state index contributed by atoms with van der Waals surface area (Å²) in [6.07, 6.45) is 0.654. The lowest BCUT2D eigenvalue weighted by molar-refractivity contribution is -0.139. The summed E-state index contributed by atoms with van der Waals surface area (Å²) in [4.78, 5) is 26.7. The van der Waals surface area contributed by atoms with E-state index in [4.69, 9.17) is 28.4 Å². The summed E-state index contributed by atoms with van der Waals surface area (Å²) in [5, 5.41) is 0. The number of nitrogens with zero attached hydrogens (tertiary/aromatic N) is 1. The largest absolute Gasteiger partial charge is 0.493 e. The number of aryl methyl sites for hydroxylation is 1. The number of rotatable bonds is 9. The number of Topliss-reactive ketones (excluding diaryl/α,β-unsaturated/α-hetero) is 1. The highest BCUT2D eigenvalue weighted by atomic mass is 16.7. The molecule has 0 spiro atoms. The molecule has 182 valence electrons. The minimum absolute atomic E-state index is 0.0503. The molecule has 9 heteroatoms. The molecule has 2 heterocycles. The van der Waals surface area contributed by atoms with Gasteiger partial charge in [-0.3, -0.25) is 9.59 Å². The average Bonchev–Trinajstić information content (AvgIpc) is 3.33. The first kappa shape index (κ1) is 23.7. The molecule has 0 radical (unpaired) electrons. The van der Waals surface area contributed by atoms with Gasteiger partial charge in [0.1, 0.15) is 12.7 Å². The third-order valence-corrected chi connectivity index (χ3v) is 5.85. The standard InChI is InChI=1S/C25H29NO8/c1-16(27)19-6-8-21(29-2)25(30-3)24(19)32-14-18-13-26(10-11-31-18)23(28)9-5-17-4-7-20-22(12-17)34-15-33-20/h4,6-8,12,18H,5,9-11,13-15H2,1-3H3. The van der Waals surface area contributed by atoms with E-state index >= 15 is 0 Å². The van der Waals surface area contributed by atoms with E-state index in [2.05, 4.69) is 0 Å². The van der Waals surface area contributed by atoms with Gasteiger partial charge in [-0.1, -0.05) is 6.07 Å². The van der Waals surface area contributed by atoms with Crippen LogP contribution in [-0.2, 0) is 16.0 Å². The van der Waals surface area contributed by atoms with Crippen molar-refractivity contribution in [3.8, 4) is 28.7 Å². The summed E-state index contributed by atoms with van der Waals surface area (Å²) in [6.45, 7) is 3.20. The van der Waals surface area contributed by atoms with Crippen molar-refractivity contribution >= 4 is 11.7 Å². The van der Waals surface area contributed by atoms with E-state index in [1.54, 1.807) is 17.0 Å². The lowest BCUT2D eigenvalue weighted by Gasteiger charge is -2.33. The minimum atomic E-state index is -0.334. The van der Waals surface area contributed by atoms with E-state index in [-0.39, 0.29) is 31.2 Å². The molecule has 4 rings (SSSR count). The maximum Gasteiger partial charge on any atom is 0.231 e. The predicted octanol–water partition coefficient (Wildman–Crippen LogP) is 2.87. The maximum absolute atomic E-state index is 12.8. The van der Waals surface area contributed by atoms with Gasteiger partial charge in [-0.25, -0.2) is 0 Å². The minimum Gasteiger partial charge on any atom is -0.493 e. The highest BCUT2D eigenvalue weighted by Crippen LogP contribution is 2.40. The summed E-state index contributed by atoms with van der Waals surface area (Å²) in [6, 6.07) is 9.05. The Bertz CT molecular complexity index is 1050. The van der Waals surface area contributed by atoms with Crippen LogP contribution in [0.2, 0.25) is 0 Å². The molecule has 2 aliphatic heterocycles. The third kappa shape index (κ3) is 5.20. The number of ketones is 1. The van der Waals surface area contributed by atoms with Crippen LogP contribution in [0.15, 0.2) is 30.3 Å². The predicted molar refractivity (Wildman–Crippen MR) is 122 cm³/mol. The summed E-state index contributed by atoms with van der Waals surface area (Å²) in [7, 11) is 3.01. The van der Waals surface area contributed by atoms with Gasteiger partial charge in [0.15, 0.2) is 28.8 Å². The van der Waals surface area contributed by atoms with Crippen LogP contribution < -0.4 is 23.7 Å². The van der Waals surface area contributed by atoms with Gasteiger partial charge in [0, 0.05) is 13.0 Å². The summed E-state index contributed by atoms with van der Waals surface area (Å²) < 4.78 is 33.3. The third-order valence-electron chi connectivity index (χ3n) is 5.85. The monoisotopic (exact) mass is 471 g/mol. The number of hydrogen-bond donors (Lipinski definition) is 0. The fraction of sp³-hybridized carbons (Fsp3) is 0.440. The summed E-state index contributed by atoms with van der Waals surface area (Å²) in [5.41, 5.74) is 1.41. The first-order valence-corrected chi connectivity index (χ1v) is 11.2. The van der Waals surface area contributed by atoms with Crippen LogP contribution in [0.5, 0.6) is 28.7 Å². The molecule has 1 unspecified atom stereocenters. The molecule has 9 nitrogen and oxygen atoms in total. The van der Waals surface area contributed by atoms with Crippen molar-refractivity contribution in [3.63, 3.8) is 0 Å². The molecule has 0 saturated carbocycles. The number of methoxy groups -OCH3 is 2. The van der Waals surface area contributed by atoms with E-state index < -0.39 is 0 Å². The number of amides is 1. The molecule has 2 aromatic carbocycles. The van der Waals surface area contributed by atoms with Crippen LogP contribution in [0.4, 0.5) is 0 Å². The van der Waals surface area contributed by atoms with Crippen molar-refractivity contribution in [2.24, 2.45) is 0 Å². The zero-order valence-corrected chi connectivity index (χ0v) is 19.6. The molecule has 34 heavy (non-hydrogen) atoms. The molecule has 1 fully saturated rings. The SMILES string of the molecule is COc1ccc(C(C)=O)c(OCC2CN(C(=O)CCc3ccc4c(c3)OCO4)CCO2)c1OC. The summed E-state index contributed by atoms with van der Waals surface area (Å²) >= 11 is 0. The van der Waals surface area contributed by atoms with Crippen LogP contribution >= 0.6 is 0 Å². The molecule has 1 amide bonds. The van der Waals surface area contributed by atoms with Crippen molar-refractivity contribution < 1.29 is 38.0 Å². The number of carbonyl (C=O) groups excluding carboxylic acids is 2. The van der Waals surface area contributed by atoms with Gasteiger partial charge < -0.3 is 33.3 Å². The molecule has 2 aliphatic rings. The average molecular weight is 472 g/mol. The number of carbonyl (C=O) groups is 2. The molecule has 0 bridgehead atoms. The van der Waals surface area contributed by atoms with E-state index in [1.807, 2.05) is 18.2 Å². The molecule has 0 N–H and O–H groups in total. The van der Waals surface area contributed by atoms with Crippen molar-refractivity contribution in [2.75, 3.05) is 47.3 Å². The number of ether oxygens (including phenoxy) is 6. The molecular weight excluding hydrogens is 442 g/mol. The van der Waals surface area contributed by atoms with E-state index in [9.17, 15) is 9.59 Å². The Balaban J connectivity index is 1.35. The van der Waals surface area contributed by atoms with Gasteiger partial charge in [0.05, 0.1) is 32.9 Å². The first-order valence-electron chi connectivity index (χ1n) is 11.2. The second-order valence-electron chi connectivity index (χ2n) is 8.07. The van der Waals surface area contributed by atoms with Crippen LogP contribution in [0.25, 0.3) is 0 Å². The number of morpholine rings is 1. The van der Waals surface area contributed by atoms with Crippen molar-refractivity contribution in [2.45, 2.75) is 25.9 Å². The second-order valence-corrected chi connectivity index (χ2v) is 8.07. The smallest absolute Gasteiger partial charge is 0.231 e. The molecular formula is C25H29NO8. The van der Waals surface area contributed by atoms with Crippen LogP contribution in [0.1, 0.15) is 29.3 Å². The highest BCUT2D eigenvalue weighted by Gasteiger charge is 2.27. The molecule has 1 atom stereocenters. The normalized spacial score (nSPS) is 16.8. The fourth-order valence-electron chi connectivity index (χ4n) is 4.05. The zero-order valence-electron chi connectivity index (χ0n) is 19.6. The number of benzene rings is 2. The van der Waals surface area contributed by atoms with Crippen molar-refractivity contribution in [1.29, 1.82) is 0 Å². The number of hydrogen-bond acceptors (Lipinski definition) is 8. The van der Waals surface area contributed by atoms with Gasteiger partial charge in [-0.15, -0.1) is 0 Å². The van der Waals surface area contributed by atoms with Crippen LogP contribution in [0.3, 0.4) is 0 Å². The second kappa shape index (κ2) is 10.6. The van der Waals surface area contributed by atoms with Crippen molar-refractivity contribution in [1.82, 2.24) is 4.90 Å². The van der Waals surface area contributed by atoms with Gasteiger partial charge >= 0.3 is 0 Å². The number of fused-ring (bicyclic) bond motifs is 1. The zero-order chi connectivity index (χ0) is 24.1. The lowest BCUT2D eigenvalue weighted by atomic mass is 10.1. The molecule has 1 saturated heterocycles. The molecule has 2 aromatic rings. The van der Waals surface area contributed by atoms with Gasteiger partial charge in [-0.05, 0) is 43.2 Å². The lowest BCUT2D eigenvalue weighted by Crippen LogP contribution is -2.47. The van der Waals surface area contributed by atoms with Gasteiger partial charge in [0.25, 0.3) is 0 Å². The molecule has 0 aromatic heterocycles. The van der Waals surface area contributed by atoms with Crippen LogP contribution in [0, 0.1) is 0 Å².